The Bertz CT molecular complexity index is 1580. The average Bonchev–Trinajstić information content (AvgIpc) is 3.57. The van der Waals surface area contributed by atoms with Gasteiger partial charge in [-0.25, -0.2) is 19.0 Å². The van der Waals surface area contributed by atoms with E-state index in [2.05, 4.69) is 42.5 Å². The highest BCUT2D eigenvalue weighted by Gasteiger charge is 2.39. The van der Waals surface area contributed by atoms with Crippen molar-refractivity contribution in [1.29, 1.82) is 0 Å². The number of anilines is 2. The van der Waals surface area contributed by atoms with Gasteiger partial charge in [0.2, 0.25) is 0 Å². The van der Waals surface area contributed by atoms with E-state index in [9.17, 15) is 0 Å². The summed E-state index contributed by atoms with van der Waals surface area (Å²) in [7, 11) is 0. The standard InChI is InChI=1S/C27H29N9O/c1-17-10-21(4-5-23(17)37-22-7-9-35-24(11-22)29-15-31-35)33-27-26-20(6-8-36(26)32-16-30-27)14-34-12-18-2-3-19(13-34)25(18)28/h4-11,15-16,18-19,25H,2-3,12-14,28H2,1H3,(H,30,32,33). The number of ether oxygens (including phenoxy) is 1. The Balaban J connectivity index is 1.11. The van der Waals surface area contributed by atoms with Crippen molar-refractivity contribution in [2.45, 2.75) is 32.4 Å². The van der Waals surface area contributed by atoms with E-state index in [-0.39, 0.29) is 0 Å². The summed E-state index contributed by atoms with van der Waals surface area (Å²) in [4.78, 5) is 11.4. The molecule has 0 radical (unpaired) electrons. The molecule has 1 aliphatic carbocycles. The van der Waals surface area contributed by atoms with Crippen LogP contribution in [0, 0.1) is 18.8 Å². The van der Waals surface area contributed by atoms with Gasteiger partial charge in [0.25, 0.3) is 0 Å². The van der Waals surface area contributed by atoms with Crippen molar-refractivity contribution in [2.24, 2.45) is 17.6 Å². The van der Waals surface area contributed by atoms with E-state index in [1.807, 2.05) is 48.1 Å². The molecule has 1 saturated heterocycles. The van der Waals surface area contributed by atoms with Crippen LogP contribution in [0.15, 0.2) is 61.4 Å². The third-order valence-corrected chi connectivity index (χ3v) is 7.83. The number of pyridine rings is 1. The molecule has 2 unspecified atom stereocenters. The topological polar surface area (TPSA) is 111 Å². The van der Waals surface area contributed by atoms with E-state index in [4.69, 9.17) is 10.5 Å². The minimum absolute atomic E-state index is 0.364. The van der Waals surface area contributed by atoms with Gasteiger partial charge in [-0.1, -0.05) is 0 Å². The number of nitrogens with zero attached hydrogens (tertiary/aromatic N) is 7. The molecule has 2 bridgehead atoms. The molecule has 1 saturated carbocycles. The Morgan fingerprint density at radius 1 is 0.973 bits per heavy atom. The number of hydrogen-bond donors (Lipinski definition) is 2. The maximum absolute atomic E-state index is 6.43. The van der Waals surface area contributed by atoms with Crippen molar-refractivity contribution < 1.29 is 4.74 Å². The van der Waals surface area contributed by atoms with Gasteiger partial charge in [0.05, 0.1) is 0 Å². The number of rotatable bonds is 6. The van der Waals surface area contributed by atoms with Crippen LogP contribution in [0.1, 0.15) is 24.0 Å². The monoisotopic (exact) mass is 495 g/mol. The van der Waals surface area contributed by atoms with Gasteiger partial charge in [-0.2, -0.15) is 10.2 Å². The van der Waals surface area contributed by atoms with Crippen LogP contribution < -0.4 is 15.8 Å². The minimum atomic E-state index is 0.364. The maximum atomic E-state index is 6.43. The fraction of sp³-hybridized carbons (Fsp3) is 0.333. The van der Waals surface area contributed by atoms with Gasteiger partial charge < -0.3 is 15.8 Å². The fourth-order valence-electron chi connectivity index (χ4n) is 5.93. The van der Waals surface area contributed by atoms with Crippen LogP contribution in [-0.4, -0.2) is 53.2 Å². The zero-order valence-corrected chi connectivity index (χ0v) is 20.7. The first kappa shape index (κ1) is 22.2. The second kappa shape index (κ2) is 8.82. The molecule has 7 rings (SSSR count). The lowest BCUT2D eigenvalue weighted by molar-refractivity contribution is 0.141. The highest BCUT2D eigenvalue weighted by Crippen LogP contribution is 2.37. The first-order valence-electron chi connectivity index (χ1n) is 12.7. The van der Waals surface area contributed by atoms with E-state index in [0.29, 0.717) is 23.6 Å². The molecular weight excluding hydrogens is 466 g/mol. The summed E-state index contributed by atoms with van der Waals surface area (Å²) >= 11 is 0. The second-order valence-electron chi connectivity index (χ2n) is 10.2. The number of likely N-dealkylation sites (tertiary alicyclic amines) is 1. The molecule has 1 aliphatic heterocycles. The van der Waals surface area contributed by atoms with Crippen molar-refractivity contribution in [1.82, 2.24) is 34.1 Å². The molecule has 37 heavy (non-hydrogen) atoms. The Hall–Kier alpha value is -4.02. The molecule has 3 N–H and O–H groups in total. The van der Waals surface area contributed by atoms with Crippen molar-refractivity contribution in [3.05, 3.63) is 72.6 Å². The zero-order valence-electron chi connectivity index (χ0n) is 20.7. The van der Waals surface area contributed by atoms with Crippen LogP contribution >= 0.6 is 0 Å². The molecule has 1 aromatic carbocycles. The van der Waals surface area contributed by atoms with Crippen LogP contribution in [0.4, 0.5) is 11.5 Å². The van der Waals surface area contributed by atoms with E-state index >= 15 is 0 Å². The molecule has 4 aromatic heterocycles. The average molecular weight is 496 g/mol. The molecular formula is C27H29N9O. The highest BCUT2D eigenvalue weighted by molar-refractivity contribution is 5.76. The normalized spacial score (nSPS) is 21.6. The number of aromatic nitrogens is 6. The van der Waals surface area contributed by atoms with Crippen LogP contribution in [0.5, 0.6) is 11.5 Å². The number of fused-ring (bicyclic) bond motifs is 4. The fourth-order valence-corrected chi connectivity index (χ4v) is 5.93. The molecule has 5 aromatic rings. The van der Waals surface area contributed by atoms with Gasteiger partial charge in [-0.05, 0) is 73.1 Å². The summed E-state index contributed by atoms with van der Waals surface area (Å²) in [6, 6.07) is 12.3. The lowest BCUT2D eigenvalue weighted by atomic mass is 9.93. The Morgan fingerprint density at radius 3 is 2.59 bits per heavy atom. The quantitative estimate of drug-likeness (QED) is 0.366. The molecule has 2 aliphatic rings. The van der Waals surface area contributed by atoms with Crippen LogP contribution in [-0.2, 0) is 6.54 Å². The van der Waals surface area contributed by atoms with Crippen LogP contribution in [0.3, 0.4) is 0 Å². The Kier molecular flexibility index (Phi) is 5.29. The molecule has 188 valence electrons. The lowest BCUT2D eigenvalue weighted by Gasteiger charge is -2.36. The molecule has 10 heteroatoms. The Labute approximate surface area is 214 Å². The van der Waals surface area contributed by atoms with Crippen molar-refractivity contribution >= 4 is 22.7 Å². The van der Waals surface area contributed by atoms with Gasteiger partial charge in [0.15, 0.2) is 11.5 Å². The van der Waals surface area contributed by atoms with Gasteiger partial charge in [0.1, 0.15) is 29.7 Å². The number of benzene rings is 1. The summed E-state index contributed by atoms with van der Waals surface area (Å²) in [5, 5.41) is 12.1. The molecule has 2 fully saturated rings. The lowest BCUT2D eigenvalue weighted by Crippen LogP contribution is -2.48. The summed E-state index contributed by atoms with van der Waals surface area (Å²) in [5.74, 6) is 3.51. The maximum Gasteiger partial charge on any atom is 0.158 e. The van der Waals surface area contributed by atoms with Crippen LogP contribution in [0.2, 0.25) is 0 Å². The van der Waals surface area contributed by atoms with Gasteiger partial charge in [-0.15, -0.1) is 0 Å². The third-order valence-electron chi connectivity index (χ3n) is 7.83. The first-order chi connectivity index (χ1) is 18.1. The zero-order chi connectivity index (χ0) is 24.9. The largest absolute Gasteiger partial charge is 0.457 e. The van der Waals surface area contributed by atoms with Crippen LogP contribution in [0.25, 0.3) is 11.2 Å². The number of hydrogen-bond acceptors (Lipinski definition) is 8. The van der Waals surface area contributed by atoms with Crippen molar-refractivity contribution in [3.63, 3.8) is 0 Å². The summed E-state index contributed by atoms with van der Waals surface area (Å²) in [6.45, 7) is 5.04. The SMILES string of the molecule is Cc1cc(Nc2ncnn3ccc(CN4CC5CCC(C4)C5N)c23)ccc1Oc1ccn2ncnc2c1. The van der Waals surface area contributed by atoms with E-state index in [0.717, 1.165) is 53.6 Å². The molecule has 5 heterocycles. The number of nitrogens with one attached hydrogen (secondary N) is 1. The highest BCUT2D eigenvalue weighted by atomic mass is 16.5. The van der Waals surface area contributed by atoms with Gasteiger partial charge in [-0.3, -0.25) is 4.90 Å². The molecule has 2 atom stereocenters. The third kappa shape index (κ3) is 4.08. The van der Waals surface area contributed by atoms with Crippen molar-refractivity contribution in [3.8, 4) is 11.5 Å². The van der Waals surface area contributed by atoms with E-state index in [1.54, 1.807) is 10.8 Å². The Morgan fingerprint density at radius 2 is 1.76 bits per heavy atom. The first-order valence-corrected chi connectivity index (χ1v) is 12.7. The number of piperidine rings is 1. The summed E-state index contributed by atoms with van der Waals surface area (Å²) < 4.78 is 9.74. The smallest absolute Gasteiger partial charge is 0.158 e. The van der Waals surface area contributed by atoms with E-state index in [1.165, 1.54) is 24.7 Å². The van der Waals surface area contributed by atoms with Gasteiger partial charge in [0, 0.05) is 49.8 Å². The van der Waals surface area contributed by atoms with Crippen molar-refractivity contribution in [2.75, 3.05) is 18.4 Å². The molecule has 0 spiro atoms. The second-order valence-corrected chi connectivity index (χ2v) is 10.2. The molecule has 10 nitrogen and oxygen atoms in total. The van der Waals surface area contributed by atoms with E-state index < -0.39 is 0 Å². The number of aryl methyl sites for hydroxylation is 1. The summed E-state index contributed by atoms with van der Waals surface area (Å²) in [6.07, 6.45) is 9.46. The predicted molar refractivity (Wildman–Crippen MR) is 140 cm³/mol. The van der Waals surface area contributed by atoms with Gasteiger partial charge >= 0.3 is 0 Å². The summed E-state index contributed by atoms with van der Waals surface area (Å²) in [5.41, 5.74) is 11.3. The predicted octanol–water partition coefficient (Wildman–Crippen LogP) is 3.79. The minimum Gasteiger partial charge on any atom is -0.457 e. The molecule has 0 amide bonds. The number of nitrogens with two attached hydrogens (primary N) is 1.